The maximum Gasteiger partial charge on any atom is 0.251 e. The monoisotopic (exact) mass is 479 g/mol. The predicted octanol–water partition coefficient (Wildman–Crippen LogP) is 6.18. The summed E-state index contributed by atoms with van der Waals surface area (Å²) in [6, 6.07) is 0.101. The minimum Gasteiger partial charge on any atom is -0.366 e. The second-order valence-corrected chi connectivity index (χ2v) is 8.95. The number of rotatable bonds is 12. The smallest absolute Gasteiger partial charge is 0.251 e. The van der Waals surface area contributed by atoms with E-state index in [1.807, 2.05) is 0 Å². The van der Waals surface area contributed by atoms with Crippen LogP contribution in [0.3, 0.4) is 0 Å². The van der Waals surface area contributed by atoms with Crippen LogP contribution in [0.25, 0.3) is 0 Å². The summed E-state index contributed by atoms with van der Waals surface area (Å²) in [4.78, 5) is 23.1. The Balaban J connectivity index is 0.00000466. The Labute approximate surface area is 192 Å². The van der Waals surface area contributed by atoms with Gasteiger partial charge in [0.05, 0.1) is 4.90 Å². The summed E-state index contributed by atoms with van der Waals surface area (Å²) < 4.78 is 59.1. The van der Waals surface area contributed by atoms with E-state index >= 15 is 0 Å². The van der Waals surface area contributed by atoms with Crippen molar-refractivity contribution in [3.05, 3.63) is 42.5 Å². The molecule has 182 valence electrons. The number of carbonyl (C=O) groups is 2. The van der Waals surface area contributed by atoms with Gasteiger partial charge in [-0.05, 0) is 50.8 Å². The molecular formula is C23H33F4NO3S. The van der Waals surface area contributed by atoms with Gasteiger partial charge in [0.15, 0.2) is 28.4 Å². The fraction of sp³-hybridized carbons (Fsp3) is 0.565. The molecule has 1 rings (SSSR count). The molecule has 0 aliphatic heterocycles. The Bertz CT molecular complexity index is 731. The highest BCUT2D eigenvalue weighted by molar-refractivity contribution is 8.13. The summed E-state index contributed by atoms with van der Waals surface area (Å²) in [5, 5.41) is 2.18. The van der Waals surface area contributed by atoms with E-state index in [2.05, 4.69) is 32.3 Å². The van der Waals surface area contributed by atoms with Crippen molar-refractivity contribution in [2.75, 3.05) is 13.2 Å². The van der Waals surface area contributed by atoms with E-state index in [1.54, 1.807) is 13.8 Å². The van der Waals surface area contributed by atoms with Gasteiger partial charge in [0.1, 0.15) is 5.60 Å². The molecule has 1 N–H and O–H groups in total. The first-order valence-electron chi connectivity index (χ1n) is 10.4. The van der Waals surface area contributed by atoms with Gasteiger partial charge in [-0.15, -0.1) is 13.2 Å². The topological polar surface area (TPSA) is 55.4 Å². The molecule has 32 heavy (non-hydrogen) atoms. The standard InChI is InChI=1S/C21H29F4NO3S.C2H4/c1-13(2)9-11-29-21(3,4)20(28)26-10-7-5-6-8-16(27)30-19-17(24)14(22)12-15(23)18(19)25;1-2/h12-13H,5-11H2,1-4H3,(H,26,28);1-2H2. The maximum absolute atomic E-state index is 13.6. The van der Waals surface area contributed by atoms with Crippen LogP contribution in [-0.2, 0) is 14.3 Å². The first-order chi connectivity index (χ1) is 15.0. The second kappa shape index (κ2) is 15.1. The quantitative estimate of drug-likeness (QED) is 0.128. The van der Waals surface area contributed by atoms with Crippen LogP contribution in [0.4, 0.5) is 17.6 Å². The number of hydrogen-bond donors (Lipinski definition) is 1. The third-order valence-electron chi connectivity index (χ3n) is 4.34. The van der Waals surface area contributed by atoms with Crippen LogP contribution in [0.15, 0.2) is 24.1 Å². The lowest BCUT2D eigenvalue weighted by Crippen LogP contribution is -2.44. The number of amides is 1. The van der Waals surface area contributed by atoms with Crippen LogP contribution in [0.5, 0.6) is 0 Å². The molecule has 0 saturated heterocycles. The summed E-state index contributed by atoms with van der Waals surface area (Å²) in [5.41, 5.74) is -0.935. The van der Waals surface area contributed by atoms with Crippen molar-refractivity contribution in [1.29, 1.82) is 0 Å². The summed E-state index contributed by atoms with van der Waals surface area (Å²) in [6.07, 6.45) is 2.45. The number of ether oxygens (including phenoxy) is 1. The minimum absolute atomic E-state index is 0.0145. The first-order valence-corrected chi connectivity index (χ1v) is 11.2. The van der Waals surface area contributed by atoms with Gasteiger partial charge in [-0.2, -0.15) is 0 Å². The largest absolute Gasteiger partial charge is 0.366 e. The number of hydrogen-bond acceptors (Lipinski definition) is 4. The van der Waals surface area contributed by atoms with Crippen molar-refractivity contribution in [2.24, 2.45) is 5.92 Å². The Morgan fingerprint density at radius 2 is 1.62 bits per heavy atom. The van der Waals surface area contributed by atoms with E-state index in [0.717, 1.165) is 6.42 Å². The fourth-order valence-electron chi connectivity index (χ4n) is 2.41. The van der Waals surface area contributed by atoms with Crippen LogP contribution in [0.1, 0.15) is 59.8 Å². The molecule has 0 saturated carbocycles. The average molecular weight is 480 g/mol. The lowest BCUT2D eigenvalue weighted by atomic mass is 10.1. The van der Waals surface area contributed by atoms with E-state index in [0.29, 0.717) is 38.3 Å². The molecule has 0 aliphatic carbocycles. The Hall–Kier alpha value is -1.87. The third-order valence-corrected chi connectivity index (χ3v) is 5.33. The molecule has 0 bridgehead atoms. The molecule has 0 radical (unpaired) electrons. The first kappa shape index (κ1) is 30.1. The summed E-state index contributed by atoms with van der Waals surface area (Å²) in [7, 11) is 0. The van der Waals surface area contributed by atoms with Crippen molar-refractivity contribution in [3.63, 3.8) is 0 Å². The minimum atomic E-state index is -1.58. The number of carbonyl (C=O) groups excluding carboxylic acids is 2. The normalized spacial score (nSPS) is 11.2. The number of nitrogens with one attached hydrogen (secondary N) is 1. The molecule has 0 fully saturated rings. The van der Waals surface area contributed by atoms with E-state index in [4.69, 9.17) is 4.74 Å². The molecule has 0 aliphatic rings. The van der Waals surface area contributed by atoms with Crippen LogP contribution in [-0.4, -0.2) is 29.8 Å². The SMILES string of the molecule is C=C.CC(C)CCOC(C)(C)C(=O)NCCCCCC(=O)Sc1c(F)c(F)cc(F)c1F. The second-order valence-electron chi connectivity index (χ2n) is 7.88. The molecular weight excluding hydrogens is 446 g/mol. The Kier molecular flexibility index (Phi) is 14.2. The molecule has 0 heterocycles. The fourth-order valence-corrected chi connectivity index (χ4v) is 3.26. The molecule has 0 spiro atoms. The number of thioether (sulfide) groups is 1. The van der Waals surface area contributed by atoms with E-state index in [1.165, 1.54) is 0 Å². The number of benzene rings is 1. The van der Waals surface area contributed by atoms with Gasteiger partial charge in [-0.1, -0.05) is 20.3 Å². The highest BCUT2D eigenvalue weighted by Crippen LogP contribution is 2.30. The van der Waals surface area contributed by atoms with Gasteiger partial charge >= 0.3 is 0 Å². The summed E-state index contributed by atoms with van der Waals surface area (Å²) in [6.45, 7) is 14.4. The number of halogens is 4. The average Bonchev–Trinajstić information content (AvgIpc) is 2.73. The van der Waals surface area contributed by atoms with Gasteiger partial charge in [-0.3, -0.25) is 9.59 Å². The van der Waals surface area contributed by atoms with Crippen molar-refractivity contribution in [2.45, 2.75) is 70.3 Å². The Morgan fingerprint density at radius 3 is 2.16 bits per heavy atom. The molecule has 0 aromatic heterocycles. The van der Waals surface area contributed by atoms with Crippen molar-refractivity contribution in [1.82, 2.24) is 5.32 Å². The molecule has 1 amide bonds. The lowest BCUT2D eigenvalue weighted by molar-refractivity contribution is -0.143. The highest BCUT2D eigenvalue weighted by atomic mass is 32.2. The molecule has 1 aromatic carbocycles. The summed E-state index contributed by atoms with van der Waals surface area (Å²) in [5.74, 6) is -5.98. The zero-order valence-corrected chi connectivity index (χ0v) is 20.0. The van der Waals surface area contributed by atoms with Gasteiger partial charge < -0.3 is 10.1 Å². The zero-order valence-electron chi connectivity index (χ0n) is 19.2. The van der Waals surface area contributed by atoms with E-state index in [9.17, 15) is 27.2 Å². The van der Waals surface area contributed by atoms with Crippen LogP contribution >= 0.6 is 11.8 Å². The van der Waals surface area contributed by atoms with Crippen LogP contribution < -0.4 is 5.32 Å². The van der Waals surface area contributed by atoms with E-state index < -0.39 is 38.9 Å². The molecule has 0 atom stereocenters. The summed E-state index contributed by atoms with van der Waals surface area (Å²) >= 11 is 0.152. The zero-order chi connectivity index (χ0) is 24.9. The van der Waals surface area contributed by atoms with Gasteiger partial charge in [0.25, 0.3) is 5.91 Å². The van der Waals surface area contributed by atoms with Gasteiger partial charge in [0.2, 0.25) is 0 Å². The van der Waals surface area contributed by atoms with Crippen LogP contribution in [0.2, 0.25) is 0 Å². The molecule has 0 unspecified atom stereocenters. The molecule has 4 nitrogen and oxygen atoms in total. The number of unbranched alkanes of at least 4 members (excludes halogenated alkanes) is 2. The molecule has 9 heteroatoms. The molecule has 1 aromatic rings. The van der Waals surface area contributed by atoms with Crippen molar-refractivity contribution in [3.8, 4) is 0 Å². The predicted molar refractivity (Wildman–Crippen MR) is 119 cm³/mol. The van der Waals surface area contributed by atoms with Gasteiger partial charge in [0, 0.05) is 25.6 Å². The van der Waals surface area contributed by atoms with Crippen molar-refractivity contribution < 1.29 is 31.9 Å². The van der Waals surface area contributed by atoms with Crippen molar-refractivity contribution >= 4 is 22.8 Å². The Morgan fingerprint density at radius 1 is 1.06 bits per heavy atom. The highest BCUT2D eigenvalue weighted by Gasteiger charge is 2.28. The maximum atomic E-state index is 13.6. The van der Waals surface area contributed by atoms with E-state index in [-0.39, 0.29) is 30.2 Å². The lowest BCUT2D eigenvalue weighted by Gasteiger charge is -2.24. The van der Waals surface area contributed by atoms with Crippen LogP contribution in [0, 0.1) is 29.2 Å². The third kappa shape index (κ3) is 10.6. The van der Waals surface area contributed by atoms with Gasteiger partial charge in [-0.25, -0.2) is 17.6 Å².